The van der Waals surface area contributed by atoms with Gasteiger partial charge in [0.2, 0.25) is 0 Å². The third kappa shape index (κ3) is 2.17. The molecule has 0 aromatic carbocycles. The molecule has 0 aliphatic heterocycles. The molecule has 0 fully saturated rings. The predicted octanol–water partition coefficient (Wildman–Crippen LogP) is 0.582. The average molecular weight is 218 g/mol. The molecule has 2 heterocycles. The normalized spacial score (nSPS) is 10.0. The largest absolute Gasteiger partial charge is 0.397 e. The lowest BCUT2D eigenvalue weighted by Gasteiger charge is -2.04. The second-order valence-electron chi connectivity index (χ2n) is 3.11. The van der Waals surface area contributed by atoms with Crippen LogP contribution in [0.15, 0.2) is 35.2 Å². The van der Waals surface area contributed by atoms with Crippen LogP contribution in [0.25, 0.3) is 0 Å². The Morgan fingerprint density at radius 2 is 2.38 bits per heavy atom. The highest BCUT2D eigenvalue weighted by atomic mass is 16.5. The maximum Gasteiger partial charge on any atom is 0.272 e. The fraction of sp³-hybridized carbons (Fsp3) is 0.100. The van der Waals surface area contributed by atoms with E-state index < -0.39 is 0 Å². The Morgan fingerprint density at radius 3 is 3.06 bits per heavy atom. The summed E-state index contributed by atoms with van der Waals surface area (Å²) in [5.41, 5.74) is 6.82. The Morgan fingerprint density at radius 1 is 1.50 bits per heavy atom. The van der Waals surface area contributed by atoms with E-state index in [4.69, 9.17) is 5.73 Å². The van der Waals surface area contributed by atoms with Crippen molar-refractivity contribution in [3.63, 3.8) is 0 Å². The highest BCUT2D eigenvalue weighted by Gasteiger charge is 2.10. The van der Waals surface area contributed by atoms with Gasteiger partial charge in [-0.3, -0.25) is 4.79 Å². The minimum absolute atomic E-state index is 0.214. The lowest BCUT2D eigenvalue weighted by molar-refractivity contribution is 0.0946. The summed E-state index contributed by atoms with van der Waals surface area (Å²) in [7, 11) is 0. The summed E-state index contributed by atoms with van der Waals surface area (Å²) in [5.74, 6) is -0.332. The molecule has 0 aliphatic rings. The molecule has 0 saturated heterocycles. The van der Waals surface area contributed by atoms with Gasteiger partial charge < -0.3 is 15.6 Å². The molecule has 2 aromatic rings. The fourth-order valence-electron chi connectivity index (χ4n) is 1.19. The molecule has 82 valence electrons. The van der Waals surface area contributed by atoms with Gasteiger partial charge in [-0.15, -0.1) is 0 Å². The monoisotopic (exact) mass is 218 g/mol. The van der Waals surface area contributed by atoms with Gasteiger partial charge in [-0.2, -0.15) is 0 Å². The van der Waals surface area contributed by atoms with Crippen molar-refractivity contribution in [1.29, 1.82) is 0 Å². The third-order valence-electron chi connectivity index (χ3n) is 1.98. The van der Waals surface area contributed by atoms with Crippen LogP contribution in [-0.4, -0.2) is 16.0 Å². The zero-order chi connectivity index (χ0) is 11.4. The number of anilines is 1. The smallest absolute Gasteiger partial charge is 0.272 e. The summed E-state index contributed by atoms with van der Waals surface area (Å²) in [6.07, 6.45) is 2.96. The van der Waals surface area contributed by atoms with E-state index in [0.717, 1.165) is 0 Å². The maximum atomic E-state index is 11.6. The van der Waals surface area contributed by atoms with E-state index in [1.165, 1.54) is 12.5 Å². The number of carbonyl (C=O) groups excluding carboxylic acids is 1. The molecule has 0 aliphatic carbocycles. The summed E-state index contributed by atoms with van der Waals surface area (Å²) in [6.45, 7) is 0.283. The molecule has 0 bridgehead atoms. The Bertz CT molecular complexity index is 481. The Balaban J connectivity index is 2.01. The number of nitrogens with zero attached hydrogens (tertiary/aromatic N) is 2. The topological polar surface area (TPSA) is 94.0 Å². The maximum absolute atomic E-state index is 11.6. The molecule has 1 amide bonds. The Labute approximate surface area is 91.5 Å². The van der Waals surface area contributed by atoms with Gasteiger partial charge in [-0.25, -0.2) is 4.98 Å². The van der Waals surface area contributed by atoms with Crippen LogP contribution in [-0.2, 0) is 6.54 Å². The van der Waals surface area contributed by atoms with Crippen molar-refractivity contribution in [3.05, 3.63) is 42.0 Å². The van der Waals surface area contributed by atoms with Crippen LogP contribution in [0.1, 0.15) is 16.2 Å². The van der Waals surface area contributed by atoms with Crippen LogP contribution in [0.3, 0.4) is 0 Å². The molecule has 6 nitrogen and oxygen atoms in total. The molecule has 0 radical (unpaired) electrons. The van der Waals surface area contributed by atoms with Gasteiger partial charge in [-0.05, 0) is 12.1 Å². The van der Waals surface area contributed by atoms with Gasteiger partial charge in [0.25, 0.3) is 5.91 Å². The van der Waals surface area contributed by atoms with E-state index in [0.29, 0.717) is 11.4 Å². The number of nitrogens with two attached hydrogens (primary N) is 1. The molecule has 0 saturated carbocycles. The first-order valence-electron chi connectivity index (χ1n) is 4.65. The number of aromatic nitrogens is 2. The molecule has 2 rings (SSSR count). The number of rotatable bonds is 3. The highest BCUT2D eigenvalue weighted by molar-refractivity contribution is 5.96. The van der Waals surface area contributed by atoms with Gasteiger partial charge >= 0.3 is 0 Å². The van der Waals surface area contributed by atoms with Crippen molar-refractivity contribution >= 4 is 11.6 Å². The zero-order valence-corrected chi connectivity index (χ0v) is 8.38. The van der Waals surface area contributed by atoms with Gasteiger partial charge in [0.05, 0.1) is 12.2 Å². The summed E-state index contributed by atoms with van der Waals surface area (Å²) < 4.78 is 4.63. The number of hydrogen-bond donors (Lipinski definition) is 2. The van der Waals surface area contributed by atoms with Crippen molar-refractivity contribution < 1.29 is 9.32 Å². The first-order valence-corrected chi connectivity index (χ1v) is 4.65. The number of amides is 1. The number of pyridine rings is 1. The Kier molecular flexibility index (Phi) is 2.81. The lowest BCUT2D eigenvalue weighted by Crippen LogP contribution is -2.24. The van der Waals surface area contributed by atoms with Crippen molar-refractivity contribution in [2.45, 2.75) is 6.54 Å². The quantitative estimate of drug-likeness (QED) is 0.785. The second-order valence-corrected chi connectivity index (χ2v) is 3.11. The van der Waals surface area contributed by atoms with Crippen molar-refractivity contribution in [1.82, 2.24) is 15.5 Å². The number of nitrogen functional groups attached to an aromatic ring is 1. The van der Waals surface area contributed by atoms with Crippen LogP contribution in [0.2, 0.25) is 0 Å². The van der Waals surface area contributed by atoms with Crippen LogP contribution >= 0.6 is 0 Å². The highest BCUT2D eigenvalue weighted by Crippen LogP contribution is 2.06. The van der Waals surface area contributed by atoms with Crippen LogP contribution in [0, 0.1) is 0 Å². The number of hydrogen-bond acceptors (Lipinski definition) is 5. The van der Waals surface area contributed by atoms with Crippen LogP contribution < -0.4 is 11.1 Å². The summed E-state index contributed by atoms with van der Waals surface area (Å²) in [6, 6.07) is 4.96. The fourth-order valence-corrected chi connectivity index (χ4v) is 1.19. The molecule has 16 heavy (non-hydrogen) atoms. The van der Waals surface area contributed by atoms with Crippen molar-refractivity contribution in [3.8, 4) is 0 Å². The number of carbonyl (C=O) groups is 1. The van der Waals surface area contributed by atoms with Gasteiger partial charge in [0.15, 0.2) is 5.69 Å². The molecule has 0 unspecified atom stereocenters. The second kappa shape index (κ2) is 4.43. The lowest BCUT2D eigenvalue weighted by atomic mass is 10.3. The van der Waals surface area contributed by atoms with E-state index in [-0.39, 0.29) is 18.1 Å². The van der Waals surface area contributed by atoms with E-state index in [1.807, 2.05) is 0 Å². The summed E-state index contributed by atoms with van der Waals surface area (Å²) in [5, 5.41) is 6.30. The van der Waals surface area contributed by atoms with Gasteiger partial charge in [0.1, 0.15) is 12.0 Å². The molecule has 0 spiro atoms. The first-order chi connectivity index (χ1) is 7.77. The van der Waals surface area contributed by atoms with Crippen LogP contribution in [0.4, 0.5) is 5.69 Å². The standard InChI is InChI=1S/C10H10N4O2/c11-8-2-1-4-12-9(8)10(15)13-6-7-3-5-16-14-7/h1-5H,6,11H2,(H,13,15). The summed E-state index contributed by atoms with van der Waals surface area (Å²) in [4.78, 5) is 15.5. The van der Waals surface area contributed by atoms with E-state index in [9.17, 15) is 4.79 Å². The minimum Gasteiger partial charge on any atom is -0.397 e. The van der Waals surface area contributed by atoms with Crippen molar-refractivity contribution in [2.24, 2.45) is 0 Å². The first kappa shape index (κ1) is 10.2. The van der Waals surface area contributed by atoms with Crippen LogP contribution in [0.5, 0.6) is 0 Å². The van der Waals surface area contributed by atoms with Gasteiger partial charge in [0, 0.05) is 12.3 Å². The summed E-state index contributed by atoms with van der Waals surface area (Å²) >= 11 is 0. The molecule has 0 atom stereocenters. The molecule has 6 heteroatoms. The molecular formula is C10H10N4O2. The SMILES string of the molecule is Nc1cccnc1C(=O)NCc1ccon1. The Hall–Kier alpha value is -2.37. The average Bonchev–Trinajstić information content (AvgIpc) is 2.79. The number of nitrogens with one attached hydrogen (secondary N) is 1. The molecular weight excluding hydrogens is 208 g/mol. The van der Waals surface area contributed by atoms with E-state index >= 15 is 0 Å². The molecule has 2 aromatic heterocycles. The minimum atomic E-state index is -0.332. The molecule has 3 N–H and O–H groups in total. The van der Waals surface area contributed by atoms with Crippen molar-refractivity contribution in [2.75, 3.05) is 5.73 Å². The van der Waals surface area contributed by atoms with E-state index in [1.54, 1.807) is 18.2 Å². The predicted molar refractivity (Wildman–Crippen MR) is 56.3 cm³/mol. The third-order valence-corrected chi connectivity index (χ3v) is 1.98. The van der Waals surface area contributed by atoms with Gasteiger partial charge in [-0.1, -0.05) is 5.16 Å². The zero-order valence-electron chi connectivity index (χ0n) is 8.38. The van der Waals surface area contributed by atoms with E-state index in [2.05, 4.69) is 20.0 Å².